The summed E-state index contributed by atoms with van der Waals surface area (Å²) in [7, 11) is 2.15. The highest BCUT2D eigenvalue weighted by Gasteiger charge is 2.50. The maximum atomic E-state index is 13.1. The Morgan fingerprint density at radius 1 is 1.23 bits per heavy atom. The van der Waals surface area contributed by atoms with Gasteiger partial charge in [0.15, 0.2) is 0 Å². The smallest absolute Gasteiger partial charge is 0.224 e. The Labute approximate surface area is 180 Å². The van der Waals surface area contributed by atoms with Crippen LogP contribution in [0.5, 0.6) is 0 Å². The summed E-state index contributed by atoms with van der Waals surface area (Å²) in [5, 5.41) is 10.3. The molecule has 3 heterocycles. The Morgan fingerprint density at radius 2 is 2.07 bits per heavy atom. The molecule has 2 amide bonds. The first-order chi connectivity index (χ1) is 14.4. The van der Waals surface area contributed by atoms with Crippen LogP contribution in [0.4, 0.5) is 0 Å². The van der Waals surface area contributed by atoms with Crippen LogP contribution in [-0.2, 0) is 16.0 Å². The van der Waals surface area contributed by atoms with Crippen LogP contribution in [0.1, 0.15) is 61.9 Å². The fraction of sp³-hybridized carbons (Fsp3) is 0.783. The van der Waals surface area contributed by atoms with Gasteiger partial charge in [0, 0.05) is 48.8 Å². The monoisotopic (exact) mass is 415 g/mol. The summed E-state index contributed by atoms with van der Waals surface area (Å²) in [5.41, 5.74) is 2.91. The molecule has 0 spiro atoms. The van der Waals surface area contributed by atoms with Crippen molar-refractivity contribution in [3.05, 3.63) is 17.0 Å². The van der Waals surface area contributed by atoms with Crippen LogP contribution in [0.2, 0.25) is 0 Å². The number of rotatable bonds is 6. The average molecular weight is 416 g/mol. The number of nitrogens with one attached hydrogen (secondary N) is 2. The second kappa shape index (κ2) is 8.69. The molecule has 2 aliphatic heterocycles. The Kier molecular flexibility index (Phi) is 6.19. The Bertz CT molecular complexity index is 771. The third-order valence-corrected chi connectivity index (χ3v) is 7.98. The Balaban J connectivity index is 1.33. The summed E-state index contributed by atoms with van der Waals surface area (Å²) in [4.78, 5) is 30.1. The summed E-state index contributed by atoms with van der Waals surface area (Å²) in [6.45, 7) is 7.34. The number of carbonyl (C=O) groups excluding carboxylic acids is 2. The molecule has 1 aromatic heterocycles. The minimum Gasteiger partial charge on any atom is -0.355 e. The summed E-state index contributed by atoms with van der Waals surface area (Å²) in [6, 6.07) is 0.392. The fourth-order valence-corrected chi connectivity index (χ4v) is 5.96. The molecule has 0 bridgehead atoms. The number of aryl methyl sites for hydroxylation is 2. The van der Waals surface area contributed by atoms with Gasteiger partial charge in [-0.1, -0.05) is 12.8 Å². The molecule has 1 aliphatic carbocycles. The summed E-state index contributed by atoms with van der Waals surface area (Å²) < 4.78 is 0. The lowest BCUT2D eigenvalue weighted by Crippen LogP contribution is -2.43. The van der Waals surface area contributed by atoms with Crippen molar-refractivity contribution < 1.29 is 9.59 Å². The molecule has 3 fully saturated rings. The van der Waals surface area contributed by atoms with E-state index in [1.807, 2.05) is 13.8 Å². The molecule has 2 saturated heterocycles. The van der Waals surface area contributed by atoms with Crippen LogP contribution >= 0.6 is 0 Å². The third kappa shape index (κ3) is 4.27. The normalized spacial score (nSPS) is 29.2. The highest BCUT2D eigenvalue weighted by atomic mass is 16.2. The number of hydrogen-bond acceptors (Lipinski definition) is 4. The molecule has 1 aromatic rings. The molecule has 0 radical (unpaired) electrons. The van der Waals surface area contributed by atoms with Gasteiger partial charge in [0.05, 0.1) is 12.1 Å². The lowest BCUT2D eigenvalue weighted by molar-refractivity contribution is -0.132. The van der Waals surface area contributed by atoms with Gasteiger partial charge in [-0.25, -0.2) is 0 Å². The van der Waals surface area contributed by atoms with E-state index in [4.69, 9.17) is 0 Å². The van der Waals surface area contributed by atoms with E-state index in [-0.39, 0.29) is 11.3 Å². The van der Waals surface area contributed by atoms with Crippen LogP contribution in [0.25, 0.3) is 0 Å². The zero-order valence-corrected chi connectivity index (χ0v) is 18.8. The predicted octanol–water partition coefficient (Wildman–Crippen LogP) is 2.19. The van der Waals surface area contributed by atoms with Crippen LogP contribution in [-0.4, -0.2) is 71.1 Å². The van der Waals surface area contributed by atoms with Crippen molar-refractivity contribution in [1.29, 1.82) is 0 Å². The zero-order valence-electron chi connectivity index (χ0n) is 18.8. The topological polar surface area (TPSA) is 81.3 Å². The number of likely N-dealkylation sites (tertiary alicyclic amines) is 2. The van der Waals surface area contributed by atoms with Crippen molar-refractivity contribution in [3.8, 4) is 0 Å². The van der Waals surface area contributed by atoms with Crippen molar-refractivity contribution in [3.63, 3.8) is 0 Å². The molecule has 7 heteroatoms. The van der Waals surface area contributed by atoms with E-state index >= 15 is 0 Å². The van der Waals surface area contributed by atoms with Crippen LogP contribution < -0.4 is 5.32 Å². The first kappa shape index (κ1) is 21.3. The van der Waals surface area contributed by atoms with Crippen LogP contribution in [0, 0.1) is 25.2 Å². The molecule has 0 aromatic carbocycles. The molecular weight excluding hydrogens is 378 g/mol. The lowest BCUT2D eigenvalue weighted by Gasteiger charge is -2.33. The molecule has 7 nitrogen and oxygen atoms in total. The lowest BCUT2D eigenvalue weighted by atomic mass is 9.80. The number of nitrogens with zero attached hydrogens (tertiary/aromatic N) is 3. The van der Waals surface area contributed by atoms with Gasteiger partial charge < -0.3 is 15.1 Å². The number of aromatic nitrogens is 2. The van der Waals surface area contributed by atoms with E-state index in [1.54, 1.807) is 0 Å². The molecule has 3 aliphatic rings. The Morgan fingerprint density at radius 3 is 2.80 bits per heavy atom. The average Bonchev–Trinajstić information content (AvgIpc) is 3.36. The number of aromatic amines is 1. The van der Waals surface area contributed by atoms with Crippen molar-refractivity contribution in [2.24, 2.45) is 11.3 Å². The van der Waals surface area contributed by atoms with Gasteiger partial charge in [-0.15, -0.1) is 0 Å². The summed E-state index contributed by atoms with van der Waals surface area (Å²) in [6.07, 6.45) is 8.10. The molecule has 1 saturated carbocycles. The number of piperidine rings is 1. The van der Waals surface area contributed by atoms with Gasteiger partial charge in [-0.3, -0.25) is 14.7 Å². The Hall–Kier alpha value is -1.89. The van der Waals surface area contributed by atoms with Crippen molar-refractivity contribution >= 4 is 11.8 Å². The van der Waals surface area contributed by atoms with E-state index in [2.05, 4.69) is 32.4 Å². The van der Waals surface area contributed by atoms with Crippen LogP contribution in [0.3, 0.4) is 0 Å². The molecular formula is C23H37N5O2. The van der Waals surface area contributed by atoms with E-state index in [0.717, 1.165) is 49.4 Å². The van der Waals surface area contributed by atoms with E-state index in [1.165, 1.54) is 25.7 Å². The van der Waals surface area contributed by atoms with Gasteiger partial charge in [0.25, 0.3) is 0 Å². The van der Waals surface area contributed by atoms with E-state index < -0.39 is 0 Å². The van der Waals surface area contributed by atoms with Crippen LogP contribution in [0.15, 0.2) is 0 Å². The maximum absolute atomic E-state index is 13.1. The minimum atomic E-state index is 0.0521. The number of amides is 2. The maximum Gasteiger partial charge on any atom is 0.224 e. The van der Waals surface area contributed by atoms with Gasteiger partial charge in [0.1, 0.15) is 0 Å². The third-order valence-electron chi connectivity index (χ3n) is 7.98. The predicted molar refractivity (Wildman–Crippen MR) is 116 cm³/mol. The van der Waals surface area contributed by atoms with Crippen molar-refractivity contribution in [2.75, 3.05) is 33.2 Å². The highest BCUT2D eigenvalue weighted by Crippen LogP contribution is 2.48. The SMILES string of the molecule is Cc1n[nH]c(C)c1CC(=O)NC[C@]12CCC[C@H]1CN(C(=O)CC1CCCCN1C)C2. The molecule has 30 heavy (non-hydrogen) atoms. The fourth-order valence-electron chi connectivity index (χ4n) is 5.96. The number of H-pyrrole nitrogens is 1. The highest BCUT2D eigenvalue weighted by molar-refractivity contribution is 5.79. The van der Waals surface area contributed by atoms with E-state index in [0.29, 0.717) is 37.3 Å². The number of fused-ring (bicyclic) bond motifs is 1. The standard InChI is InChI=1S/C23H37N5O2/c1-16-20(17(2)26-25-16)12-21(29)24-14-23-9-6-7-18(23)13-28(15-23)22(30)11-19-8-4-5-10-27(19)3/h18-19H,4-15H2,1-3H3,(H,24,29)(H,25,26)/t18-,19?,23-/m0/s1. The molecule has 166 valence electrons. The number of carbonyl (C=O) groups is 2. The summed E-state index contributed by atoms with van der Waals surface area (Å²) >= 11 is 0. The summed E-state index contributed by atoms with van der Waals surface area (Å²) in [5.74, 6) is 0.873. The first-order valence-corrected chi connectivity index (χ1v) is 11.6. The zero-order chi connectivity index (χ0) is 21.3. The number of hydrogen-bond donors (Lipinski definition) is 2. The van der Waals surface area contributed by atoms with Crippen molar-refractivity contribution in [1.82, 2.24) is 25.3 Å². The van der Waals surface area contributed by atoms with Crippen molar-refractivity contribution in [2.45, 2.75) is 71.3 Å². The second-order valence-corrected chi connectivity index (χ2v) is 9.93. The quantitative estimate of drug-likeness (QED) is 0.746. The molecule has 2 N–H and O–H groups in total. The van der Waals surface area contributed by atoms with Gasteiger partial charge in [-0.2, -0.15) is 5.10 Å². The van der Waals surface area contributed by atoms with Gasteiger partial charge in [-0.05, 0) is 59.0 Å². The molecule has 4 rings (SSSR count). The minimum absolute atomic E-state index is 0.0521. The van der Waals surface area contributed by atoms with Gasteiger partial charge in [0.2, 0.25) is 11.8 Å². The van der Waals surface area contributed by atoms with Gasteiger partial charge >= 0.3 is 0 Å². The molecule has 3 atom stereocenters. The first-order valence-electron chi connectivity index (χ1n) is 11.6. The largest absolute Gasteiger partial charge is 0.355 e. The second-order valence-electron chi connectivity index (χ2n) is 9.93. The van der Waals surface area contributed by atoms with E-state index in [9.17, 15) is 9.59 Å². The molecule has 1 unspecified atom stereocenters.